The van der Waals surface area contributed by atoms with E-state index in [4.69, 9.17) is 4.74 Å². The molecule has 0 aliphatic heterocycles. The third kappa shape index (κ3) is 3.95. The van der Waals surface area contributed by atoms with E-state index in [0.717, 1.165) is 10.1 Å². The number of hydrogen-bond acceptors (Lipinski definition) is 4. The summed E-state index contributed by atoms with van der Waals surface area (Å²) in [5, 5.41) is 0.959. The summed E-state index contributed by atoms with van der Waals surface area (Å²) >= 11 is 1.33. The lowest BCUT2D eigenvalue weighted by atomic mass is 10.2. The molecule has 2 N–H and O–H groups in total. The van der Waals surface area contributed by atoms with Gasteiger partial charge in [0, 0.05) is 4.70 Å². The standard InChI is InChI=1S/C18H15FN2O3S/c1-11(24-14-8-4-3-7-13(14)19)17(22)20-21-18(23)16-10-12-6-2-5-9-15(12)25-16/h2-11H,1H3,(H,20,22)(H,21,23). The number of benzene rings is 2. The highest BCUT2D eigenvalue weighted by atomic mass is 32.1. The van der Waals surface area contributed by atoms with E-state index in [1.807, 2.05) is 24.3 Å². The van der Waals surface area contributed by atoms with Gasteiger partial charge in [0.1, 0.15) is 0 Å². The van der Waals surface area contributed by atoms with Crippen molar-refractivity contribution in [3.63, 3.8) is 0 Å². The Morgan fingerprint density at radius 2 is 1.80 bits per heavy atom. The highest BCUT2D eigenvalue weighted by Crippen LogP contribution is 2.24. The van der Waals surface area contributed by atoms with E-state index in [2.05, 4.69) is 10.9 Å². The molecule has 0 radical (unpaired) electrons. The molecule has 128 valence electrons. The molecule has 3 rings (SSSR count). The normalized spacial score (nSPS) is 11.8. The first-order valence-electron chi connectivity index (χ1n) is 7.54. The molecule has 5 nitrogen and oxygen atoms in total. The molecular weight excluding hydrogens is 343 g/mol. The summed E-state index contributed by atoms with van der Waals surface area (Å²) in [7, 11) is 0. The van der Waals surface area contributed by atoms with Crippen LogP contribution < -0.4 is 15.6 Å². The zero-order chi connectivity index (χ0) is 17.8. The Bertz CT molecular complexity index is 892. The van der Waals surface area contributed by atoms with E-state index in [0.29, 0.717) is 4.88 Å². The predicted molar refractivity (Wildman–Crippen MR) is 93.9 cm³/mol. The van der Waals surface area contributed by atoms with Crippen molar-refractivity contribution in [2.24, 2.45) is 0 Å². The monoisotopic (exact) mass is 358 g/mol. The fraction of sp³-hybridized carbons (Fsp3) is 0.111. The number of halogens is 1. The predicted octanol–water partition coefficient (Wildman–Crippen LogP) is 3.27. The Hall–Kier alpha value is -2.93. The van der Waals surface area contributed by atoms with Crippen LogP contribution in [0.2, 0.25) is 0 Å². The van der Waals surface area contributed by atoms with Gasteiger partial charge in [-0.1, -0.05) is 30.3 Å². The molecule has 0 spiro atoms. The molecule has 1 unspecified atom stereocenters. The van der Waals surface area contributed by atoms with Gasteiger partial charge in [0.2, 0.25) is 0 Å². The van der Waals surface area contributed by atoms with E-state index >= 15 is 0 Å². The molecule has 0 fully saturated rings. The third-order valence-electron chi connectivity index (χ3n) is 3.46. The molecule has 0 aliphatic carbocycles. The van der Waals surface area contributed by atoms with Gasteiger partial charge in [0.15, 0.2) is 17.7 Å². The number of amides is 2. The molecule has 7 heteroatoms. The lowest BCUT2D eigenvalue weighted by Crippen LogP contribution is -2.47. The number of carbonyl (C=O) groups excluding carboxylic acids is 2. The number of nitrogens with one attached hydrogen (secondary N) is 2. The topological polar surface area (TPSA) is 67.4 Å². The van der Waals surface area contributed by atoms with Gasteiger partial charge in [-0.3, -0.25) is 20.4 Å². The molecule has 2 amide bonds. The van der Waals surface area contributed by atoms with Crippen LogP contribution in [0.1, 0.15) is 16.6 Å². The van der Waals surface area contributed by atoms with E-state index in [1.165, 1.54) is 36.5 Å². The van der Waals surface area contributed by atoms with E-state index in [-0.39, 0.29) is 5.75 Å². The van der Waals surface area contributed by atoms with Crippen molar-refractivity contribution in [1.82, 2.24) is 10.9 Å². The molecule has 1 heterocycles. The van der Waals surface area contributed by atoms with Crippen LogP contribution in [-0.4, -0.2) is 17.9 Å². The zero-order valence-corrected chi connectivity index (χ0v) is 14.1. The maximum Gasteiger partial charge on any atom is 0.279 e. The second-order valence-corrected chi connectivity index (χ2v) is 6.37. The van der Waals surface area contributed by atoms with Crippen molar-refractivity contribution < 1.29 is 18.7 Å². The van der Waals surface area contributed by atoms with Crippen LogP contribution >= 0.6 is 11.3 Å². The Kier molecular flexibility index (Phi) is 4.95. The molecule has 0 bridgehead atoms. The van der Waals surface area contributed by atoms with E-state index < -0.39 is 23.7 Å². The van der Waals surface area contributed by atoms with Crippen molar-refractivity contribution >= 4 is 33.2 Å². The lowest BCUT2D eigenvalue weighted by Gasteiger charge is -2.15. The average molecular weight is 358 g/mol. The number of rotatable bonds is 4. The van der Waals surface area contributed by atoms with Gasteiger partial charge in [-0.15, -0.1) is 11.3 Å². The van der Waals surface area contributed by atoms with E-state index in [1.54, 1.807) is 12.1 Å². The molecule has 1 aromatic heterocycles. The summed E-state index contributed by atoms with van der Waals surface area (Å²) < 4.78 is 19.8. The van der Waals surface area contributed by atoms with Gasteiger partial charge in [-0.25, -0.2) is 4.39 Å². The summed E-state index contributed by atoms with van der Waals surface area (Å²) in [6.45, 7) is 1.47. The highest BCUT2D eigenvalue weighted by molar-refractivity contribution is 7.20. The quantitative estimate of drug-likeness (QED) is 0.704. The Balaban J connectivity index is 1.57. The SMILES string of the molecule is CC(Oc1ccccc1F)C(=O)NNC(=O)c1cc2ccccc2s1. The van der Waals surface area contributed by atoms with Gasteiger partial charge >= 0.3 is 0 Å². The van der Waals surface area contributed by atoms with Crippen LogP contribution in [0.25, 0.3) is 10.1 Å². The summed E-state index contributed by atoms with van der Waals surface area (Å²) in [5.41, 5.74) is 4.62. The molecule has 0 saturated carbocycles. The number of thiophene rings is 1. The molecule has 3 aromatic rings. The Morgan fingerprint density at radius 3 is 2.56 bits per heavy atom. The minimum atomic E-state index is -0.973. The lowest BCUT2D eigenvalue weighted by molar-refractivity contribution is -0.128. The minimum absolute atomic E-state index is 0.0269. The van der Waals surface area contributed by atoms with Crippen LogP contribution in [-0.2, 0) is 4.79 Å². The first-order chi connectivity index (χ1) is 12.0. The van der Waals surface area contributed by atoms with Gasteiger partial charge < -0.3 is 4.74 Å². The molecule has 1 atom stereocenters. The number of para-hydroxylation sites is 1. The zero-order valence-electron chi connectivity index (χ0n) is 13.3. The average Bonchev–Trinajstić information content (AvgIpc) is 3.05. The van der Waals surface area contributed by atoms with Gasteiger partial charge in [-0.2, -0.15) is 0 Å². The number of carbonyl (C=O) groups is 2. The third-order valence-corrected chi connectivity index (χ3v) is 4.57. The minimum Gasteiger partial charge on any atom is -0.478 e. The molecule has 25 heavy (non-hydrogen) atoms. The second kappa shape index (κ2) is 7.31. The van der Waals surface area contributed by atoms with Crippen LogP contribution in [0.3, 0.4) is 0 Å². The smallest absolute Gasteiger partial charge is 0.279 e. The summed E-state index contributed by atoms with van der Waals surface area (Å²) in [4.78, 5) is 24.6. The van der Waals surface area contributed by atoms with Crippen LogP contribution in [0.5, 0.6) is 5.75 Å². The molecule has 2 aromatic carbocycles. The molecular formula is C18H15FN2O3S. The van der Waals surface area contributed by atoms with Crippen molar-refractivity contribution in [2.75, 3.05) is 0 Å². The van der Waals surface area contributed by atoms with Crippen molar-refractivity contribution in [2.45, 2.75) is 13.0 Å². The summed E-state index contributed by atoms with van der Waals surface area (Å²) in [6, 6.07) is 15.2. The van der Waals surface area contributed by atoms with Gasteiger partial charge in [0.25, 0.3) is 11.8 Å². The van der Waals surface area contributed by atoms with Crippen molar-refractivity contribution in [3.8, 4) is 5.75 Å². The summed E-state index contributed by atoms with van der Waals surface area (Å²) in [6.07, 6.45) is -0.973. The fourth-order valence-electron chi connectivity index (χ4n) is 2.16. The first kappa shape index (κ1) is 16.9. The maximum atomic E-state index is 13.5. The van der Waals surface area contributed by atoms with Gasteiger partial charge in [-0.05, 0) is 36.6 Å². The van der Waals surface area contributed by atoms with Crippen molar-refractivity contribution in [3.05, 3.63) is 65.3 Å². The van der Waals surface area contributed by atoms with E-state index in [9.17, 15) is 14.0 Å². The fourth-order valence-corrected chi connectivity index (χ4v) is 3.12. The maximum absolute atomic E-state index is 13.5. The number of ether oxygens (including phenoxy) is 1. The highest BCUT2D eigenvalue weighted by Gasteiger charge is 2.18. The van der Waals surface area contributed by atoms with Gasteiger partial charge in [0.05, 0.1) is 4.88 Å². The number of hydrazine groups is 1. The molecule has 0 aliphatic rings. The number of fused-ring (bicyclic) bond motifs is 1. The van der Waals surface area contributed by atoms with Crippen LogP contribution in [0.4, 0.5) is 4.39 Å². The second-order valence-electron chi connectivity index (χ2n) is 5.28. The van der Waals surface area contributed by atoms with Crippen molar-refractivity contribution in [1.29, 1.82) is 0 Å². The Morgan fingerprint density at radius 1 is 1.08 bits per heavy atom. The number of hydrogen-bond donors (Lipinski definition) is 2. The molecule has 0 saturated heterocycles. The van der Waals surface area contributed by atoms with Crippen LogP contribution in [0, 0.1) is 5.82 Å². The summed E-state index contributed by atoms with van der Waals surface area (Å²) in [5.74, 6) is -1.59. The largest absolute Gasteiger partial charge is 0.478 e. The first-order valence-corrected chi connectivity index (χ1v) is 8.36. The van der Waals surface area contributed by atoms with Crippen LogP contribution in [0.15, 0.2) is 54.6 Å². The Labute approximate surface area is 147 Å².